The molecule has 20 heavy (non-hydrogen) atoms. The highest BCUT2D eigenvalue weighted by atomic mass is 16.5. The molecule has 4 heteroatoms. The summed E-state index contributed by atoms with van der Waals surface area (Å²) in [6.07, 6.45) is 5.10. The number of hydrogen-bond donors (Lipinski definition) is 2. The van der Waals surface area contributed by atoms with Gasteiger partial charge in [0.05, 0.1) is 5.69 Å². The van der Waals surface area contributed by atoms with Crippen molar-refractivity contribution < 1.29 is 4.74 Å². The van der Waals surface area contributed by atoms with E-state index in [4.69, 9.17) is 10.5 Å². The fourth-order valence-electron chi connectivity index (χ4n) is 2.20. The Balaban J connectivity index is 2.05. The number of nitrogen functional groups attached to an aromatic ring is 1. The van der Waals surface area contributed by atoms with Crippen molar-refractivity contribution in [3.63, 3.8) is 0 Å². The number of nitrogens with two attached hydrogens (primary N) is 1. The van der Waals surface area contributed by atoms with E-state index in [9.17, 15) is 0 Å². The molecule has 0 aromatic carbocycles. The average molecular weight is 277 g/mol. The Labute approximate surface area is 122 Å². The maximum Gasteiger partial charge on any atom is 0.239 e. The maximum atomic E-state index is 5.94. The quantitative estimate of drug-likeness (QED) is 0.829. The molecule has 2 rings (SSSR count). The summed E-state index contributed by atoms with van der Waals surface area (Å²) >= 11 is 0. The Morgan fingerprint density at radius 2 is 2.10 bits per heavy atom. The molecule has 1 saturated carbocycles. The molecule has 1 fully saturated rings. The first-order valence-corrected chi connectivity index (χ1v) is 7.59. The first-order chi connectivity index (χ1) is 9.37. The van der Waals surface area contributed by atoms with Crippen molar-refractivity contribution in [2.24, 2.45) is 5.92 Å². The summed E-state index contributed by atoms with van der Waals surface area (Å²) in [4.78, 5) is 4.51. The van der Waals surface area contributed by atoms with Gasteiger partial charge in [0.2, 0.25) is 5.88 Å². The van der Waals surface area contributed by atoms with Crippen LogP contribution in [0.3, 0.4) is 0 Å². The van der Waals surface area contributed by atoms with Gasteiger partial charge < -0.3 is 15.8 Å². The molecule has 0 spiro atoms. The minimum Gasteiger partial charge on any atom is -0.470 e. The van der Waals surface area contributed by atoms with E-state index in [1.165, 1.54) is 19.3 Å². The van der Waals surface area contributed by atoms with Crippen molar-refractivity contribution in [1.82, 2.24) is 4.98 Å². The molecule has 4 nitrogen and oxygen atoms in total. The summed E-state index contributed by atoms with van der Waals surface area (Å²) in [5.41, 5.74) is 6.23. The number of rotatable bonds is 6. The maximum absolute atomic E-state index is 5.94. The predicted molar refractivity (Wildman–Crippen MR) is 84.1 cm³/mol. The summed E-state index contributed by atoms with van der Waals surface area (Å²) in [5.74, 6) is 2.28. The topological polar surface area (TPSA) is 60.2 Å². The van der Waals surface area contributed by atoms with E-state index in [1.807, 2.05) is 32.9 Å². The predicted octanol–water partition coefficient (Wildman–Crippen LogP) is 3.83. The van der Waals surface area contributed by atoms with Gasteiger partial charge in [0, 0.05) is 6.04 Å². The zero-order valence-electron chi connectivity index (χ0n) is 13.1. The van der Waals surface area contributed by atoms with Crippen LogP contribution >= 0.6 is 0 Å². The lowest BCUT2D eigenvalue weighted by atomic mass is 10.1. The third kappa shape index (κ3) is 4.58. The molecule has 0 bridgehead atoms. The van der Waals surface area contributed by atoms with Gasteiger partial charge in [0.15, 0.2) is 0 Å². The number of nitrogens with zero attached hydrogens (tertiary/aromatic N) is 1. The minimum absolute atomic E-state index is 0.294. The zero-order chi connectivity index (χ0) is 14.8. The van der Waals surface area contributed by atoms with E-state index in [0.29, 0.717) is 17.6 Å². The summed E-state index contributed by atoms with van der Waals surface area (Å²) in [6.45, 7) is 8.20. The van der Waals surface area contributed by atoms with Crippen molar-refractivity contribution in [1.29, 1.82) is 0 Å². The van der Waals surface area contributed by atoms with Gasteiger partial charge in [0.1, 0.15) is 11.4 Å². The third-order valence-corrected chi connectivity index (χ3v) is 3.45. The normalized spacial score (nSPS) is 16.8. The number of aromatic nitrogens is 1. The number of nitrogens with one attached hydrogen (secondary N) is 1. The van der Waals surface area contributed by atoms with E-state index in [-0.39, 0.29) is 5.60 Å². The molecular formula is C16H27N3O. The van der Waals surface area contributed by atoms with E-state index < -0.39 is 0 Å². The molecule has 1 aromatic heterocycles. The van der Waals surface area contributed by atoms with Gasteiger partial charge >= 0.3 is 0 Å². The van der Waals surface area contributed by atoms with E-state index in [0.717, 1.165) is 18.2 Å². The first kappa shape index (κ1) is 14.9. The van der Waals surface area contributed by atoms with Gasteiger partial charge in [-0.25, -0.2) is 0 Å². The molecule has 112 valence electrons. The van der Waals surface area contributed by atoms with Crippen LogP contribution in [-0.2, 0) is 0 Å². The molecule has 0 saturated heterocycles. The Bertz CT molecular complexity index is 450. The second-order valence-electron chi connectivity index (χ2n) is 6.73. The van der Waals surface area contributed by atoms with Crippen molar-refractivity contribution in [2.45, 2.75) is 65.0 Å². The Morgan fingerprint density at radius 1 is 1.40 bits per heavy atom. The zero-order valence-corrected chi connectivity index (χ0v) is 13.1. The molecule has 0 aliphatic heterocycles. The van der Waals surface area contributed by atoms with E-state index in [2.05, 4.69) is 17.2 Å². The van der Waals surface area contributed by atoms with Gasteiger partial charge in [-0.15, -0.1) is 0 Å². The molecule has 1 aliphatic carbocycles. The van der Waals surface area contributed by atoms with Crippen LogP contribution < -0.4 is 15.8 Å². The standard InChI is InChI=1S/C16H27N3O/c1-5-12(10-11-6-7-11)18-14-9-8-13(17)15(19-14)20-16(2,3)4/h8-9,11-12H,5-7,10,17H2,1-4H3,(H,18,19). The van der Waals surface area contributed by atoms with Crippen LogP contribution in [0.25, 0.3) is 0 Å². The molecule has 0 amide bonds. The van der Waals surface area contributed by atoms with Crippen molar-refractivity contribution >= 4 is 11.5 Å². The average Bonchev–Trinajstić information content (AvgIpc) is 3.14. The lowest BCUT2D eigenvalue weighted by Gasteiger charge is -2.23. The van der Waals surface area contributed by atoms with E-state index in [1.54, 1.807) is 0 Å². The van der Waals surface area contributed by atoms with Gasteiger partial charge in [-0.05, 0) is 51.7 Å². The van der Waals surface area contributed by atoms with Crippen LogP contribution in [0, 0.1) is 5.92 Å². The SMILES string of the molecule is CCC(CC1CC1)Nc1ccc(N)c(OC(C)(C)C)n1. The lowest BCUT2D eigenvalue weighted by Crippen LogP contribution is -2.25. The highest BCUT2D eigenvalue weighted by molar-refractivity contribution is 5.54. The smallest absolute Gasteiger partial charge is 0.239 e. The molecule has 3 N–H and O–H groups in total. The molecule has 1 atom stereocenters. The van der Waals surface area contributed by atoms with Crippen LogP contribution in [0.4, 0.5) is 11.5 Å². The van der Waals surface area contributed by atoms with Gasteiger partial charge in [-0.1, -0.05) is 19.8 Å². The number of hydrogen-bond acceptors (Lipinski definition) is 4. The van der Waals surface area contributed by atoms with Gasteiger partial charge in [-0.3, -0.25) is 0 Å². The largest absolute Gasteiger partial charge is 0.470 e. The Kier molecular flexibility index (Phi) is 4.41. The van der Waals surface area contributed by atoms with Crippen molar-refractivity contribution in [3.8, 4) is 5.88 Å². The monoisotopic (exact) mass is 277 g/mol. The fourth-order valence-corrected chi connectivity index (χ4v) is 2.20. The molecule has 1 aromatic rings. The lowest BCUT2D eigenvalue weighted by molar-refractivity contribution is 0.125. The third-order valence-electron chi connectivity index (χ3n) is 3.45. The second-order valence-corrected chi connectivity index (χ2v) is 6.73. The Hall–Kier alpha value is -1.45. The Morgan fingerprint density at radius 3 is 2.65 bits per heavy atom. The van der Waals surface area contributed by atoms with Crippen molar-refractivity contribution in [2.75, 3.05) is 11.1 Å². The first-order valence-electron chi connectivity index (χ1n) is 7.59. The van der Waals surface area contributed by atoms with Crippen LogP contribution in [0.15, 0.2) is 12.1 Å². The second kappa shape index (κ2) is 5.90. The summed E-state index contributed by atoms with van der Waals surface area (Å²) < 4.78 is 5.81. The highest BCUT2D eigenvalue weighted by Crippen LogP contribution is 2.35. The molecule has 1 unspecified atom stereocenters. The fraction of sp³-hybridized carbons (Fsp3) is 0.688. The van der Waals surface area contributed by atoms with Crippen LogP contribution in [-0.4, -0.2) is 16.6 Å². The van der Waals surface area contributed by atoms with Crippen LogP contribution in [0.2, 0.25) is 0 Å². The molecule has 1 aliphatic rings. The summed E-state index contributed by atoms with van der Waals surface area (Å²) in [6, 6.07) is 4.28. The molecular weight excluding hydrogens is 250 g/mol. The summed E-state index contributed by atoms with van der Waals surface area (Å²) in [5, 5.41) is 3.51. The number of ether oxygens (including phenoxy) is 1. The summed E-state index contributed by atoms with van der Waals surface area (Å²) in [7, 11) is 0. The molecule has 1 heterocycles. The molecule has 0 radical (unpaired) electrons. The van der Waals surface area contributed by atoms with Crippen LogP contribution in [0.5, 0.6) is 5.88 Å². The van der Waals surface area contributed by atoms with Gasteiger partial charge in [0.25, 0.3) is 0 Å². The van der Waals surface area contributed by atoms with Gasteiger partial charge in [-0.2, -0.15) is 4.98 Å². The number of pyridine rings is 1. The van der Waals surface area contributed by atoms with Crippen LogP contribution in [0.1, 0.15) is 53.4 Å². The minimum atomic E-state index is -0.294. The highest BCUT2D eigenvalue weighted by Gasteiger charge is 2.25. The number of anilines is 2. The van der Waals surface area contributed by atoms with E-state index >= 15 is 0 Å². The van der Waals surface area contributed by atoms with Crippen molar-refractivity contribution in [3.05, 3.63) is 12.1 Å².